The molecule has 1 aliphatic rings. The van der Waals surface area contributed by atoms with Gasteiger partial charge in [0.05, 0.1) is 0 Å². The zero-order valence-corrected chi connectivity index (χ0v) is 9.64. The first-order chi connectivity index (χ1) is 8.08. The highest BCUT2D eigenvalue weighted by Gasteiger charge is 2.33. The van der Waals surface area contributed by atoms with Crippen molar-refractivity contribution in [3.63, 3.8) is 0 Å². The summed E-state index contributed by atoms with van der Waals surface area (Å²) in [7, 11) is 0. The summed E-state index contributed by atoms with van der Waals surface area (Å²) in [5.41, 5.74) is 2.38. The van der Waals surface area contributed by atoms with Crippen LogP contribution in [0.15, 0.2) is 24.3 Å². The molecule has 0 aromatic heterocycles. The lowest BCUT2D eigenvalue weighted by Crippen LogP contribution is -2.45. The van der Waals surface area contributed by atoms with Gasteiger partial charge in [-0.05, 0) is 29.9 Å². The number of benzene rings is 1. The van der Waals surface area contributed by atoms with E-state index in [0.29, 0.717) is 12.8 Å². The Hall–Kier alpha value is -1.84. The van der Waals surface area contributed by atoms with Gasteiger partial charge in [0.2, 0.25) is 5.91 Å². The first-order valence-electron chi connectivity index (χ1n) is 5.64. The fourth-order valence-electron chi connectivity index (χ4n) is 2.43. The number of hydrogen-bond donors (Lipinski definition) is 2. The molecule has 0 radical (unpaired) electrons. The van der Waals surface area contributed by atoms with Crippen LogP contribution in [-0.2, 0) is 22.4 Å². The molecule has 1 aromatic rings. The third-order valence-corrected chi connectivity index (χ3v) is 3.18. The molecule has 1 aromatic carbocycles. The maximum Gasteiger partial charge on any atom is 0.326 e. The summed E-state index contributed by atoms with van der Waals surface area (Å²) in [6.07, 6.45) is 1.43. The summed E-state index contributed by atoms with van der Waals surface area (Å²) in [6, 6.07) is 7.15. The molecule has 0 aliphatic heterocycles. The van der Waals surface area contributed by atoms with Gasteiger partial charge < -0.3 is 10.4 Å². The van der Waals surface area contributed by atoms with Crippen LogP contribution in [0.4, 0.5) is 0 Å². The standard InChI is InChI=1S/C13H15NO3/c1-8(15)14-12(13(16)17)11-6-9-4-2-3-5-10(9)7-11/h2-5,11-12H,6-7H2,1H3,(H,14,15)(H,16,17)/t12-/m1/s1. The van der Waals surface area contributed by atoms with Crippen molar-refractivity contribution < 1.29 is 14.7 Å². The van der Waals surface area contributed by atoms with Crippen LogP contribution in [0.2, 0.25) is 0 Å². The van der Waals surface area contributed by atoms with Crippen molar-refractivity contribution in [2.75, 3.05) is 0 Å². The Labute approximate surface area is 99.6 Å². The van der Waals surface area contributed by atoms with Crippen LogP contribution < -0.4 is 5.32 Å². The third kappa shape index (κ3) is 2.46. The van der Waals surface area contributed by atoms with Gasteiger partial charge in [0.25, 0.3) is 0 Å². The molecular weight excluding hydrogens is 218 g/mol. The molecule has 0 saturated carbocycles. The maximum absolute atomic E-state index is 11.2. The van der Waals surface area contributed by atoms with E-state index in [0.717, 1.165) is 0 Å². The third-order valence-electron chi connectivity index (χ3n) is 3.18. The first-order valence-corrected chi connectivity index (χ1v) is 5.64. The van der Waals surface area contributed by atoms with Crippen LogP contribution in [0.5, 0.6) is 0 Å². The van der Waals surface area contributed by atoms with E-state index in [4.69, 9.17) is 5.11 Å². The predicted octanol–water partition coefficient (Wildman–Crippen LogP) is 0.991. The molecular formula is C13H15NO3. The lowest BCUT2D eigenvalue weighted by molar-refractivity contribution is -0.143. The Morgan fingerprint density at radius 1 is 1.29 bits per heavy atom. The molecule has 2 rings (SSSR count). The molecule has 1 amide bonds. The van der Waals surface area contributed by atoms with Crippen LogP contribution >= 0.6 is 0 Å². The number of amides is 1. The molecule has 90 valence electrons. The monoisotopic (exact) mass is 233 g/mol. The number of nitrogens with one attached hydrogen (secondary N) is 1. The summed E-state index contributed by atoms with van der Waals surface area (Å²) in [5.74, 6) is -1.31. The normalized spacial score (nSPS) is 16.3. The summed E-state index contributed by atoms with van der Waals surface area (Å²) < 4.78 is 0. The fraction of sp³-hybridized carbons (Fsp3) is 0.385. The molecule has 0 bridgehead atoms. The van der Waals surface area contributed by atoms with E-state index < -0.39 is 12.0 Å². The molecule has 0 unspecified atom stereocenters. The Kier molecular flexibility index (Phi) is 3.13. The van der Waals surface area contributed by atoms with Gasteiger partial charge >= 0.3 is 5.97 Å². The SMILES string of the molecule is CC(=O)N[C@@H](C(=O)O)C1Cc2ccccc2C1. The quantitative estimate of drug-likeness (QED) is 0.818. The number of carboxylic acids is 1. The van der Waals surface area contributed by atoms with E-state index >= 15 is 0 Å². The van der Waals surface area contributed by atoms with Crippen molar-refractivity contribution in [1.82, 2.24) is 5.32 Å². The molecule has 1 atom stereocenters. The second-order valence-electron chi connectivity index (χ2n) is 4.45. The van der Waals surface area contributed by atoms with Crippen LogP contribution in [0.3, 0.4) is 0 Å². The molecule has 1 aliphatic carbocycles. The molecule has 0 saturated heterocycles. The van der Waals surface area contributed by atoms with Gasteiger partial charge in [-0.3, -0.25) is 4.79 Å². The van der Waals surface area contributed by atoms with Gasteiger partial charge in [-0.25, -0.2) is 4.79 Å². The largest absolute Gasteiger partial charge is 0.480 e. The zero-order valence-electron chi connectivity index (χ0n) is 9.64. The summed E-state index contributed by atoms with van der Waals surface area (Å²) in [6.45, 7) is 1.35. The van der Waals surface area contributed by atoms with Crippen molar-refractivity contribution in [2.45, 2.75) is 25.8 Å². The average molecular weight is 233 g/mol. The number of aliphatic carboxylic acids is 1. The zero-order chi connectivity index (χ0) is 12.4. The van der Waals surface area contributed by atoms with Gasteiger partial charge in [-0.2, -0.15) is 0 Å². The number of rotatable bonds is 3. The first kappa shape index (κ1) is 11.6. The molecule has 0 fully saturated rings. The second kappa shape index (κ2) is 4.57. The Morgan fingerprint density at radius 3 is 2.24 bits per heavy atom. The van der Waals surface area contributed by atoms with E-state index in [1.165, 1.54) is 18.1 Å². The number of fused-ring (bicyclic) bond motifs is 1. The van der Waals surface area contributed by atoms with Crippen LogP contribution in [0.1, 0.15) is 18.1 Å². The van der Waals surface area contributed by atoms with Gasteiger partial charge in [0, 0.05) is 6.92 Å². The van der Waals surface area contributed by atoms with Gasteiger partial charge in [-0.1, -0.05) is 24.3 Å². The minimum absolute atomic E-state index is 0.0474. The van der Waals surface area contributed by atoms with Gasteiger partial charge in [0.15, 0.2) is 0 Å². The Balaban J connectivity index is 2.14. The Bertz CT molecular complexity index is 431. The van der Waals surface area contributed by atoms with Gasteiger partial charge in [0.1, 0.15) is 6.04 Å². The van der Waals surface area contributed by atoms with E-state index in [1.54, 1.807) is 0 Å². The minimum Gasteiger partial charge on any atom is -0.480 e. The van der Waals surface area contributed by atoms with Gasteiger partial charge in [-0.15, -0.1) is 0 Å². The van der Waals surface area contributed by atoms with E-state index in [-0.39, 0.29) is 11.8 Å². The van der Waals surface area contributed by atoms with Crippen molar-refractivity contribution in [3.8, 4) is 0 Å². The summed E-state index contributed by atoms with van der Waals surface area (Å²) in [4.78, 5) is 22.2. The smallest absolute Gasteiger partial charge is 0.326 e. The minimum atomic E-state index is -0.960. The van der Waals surface area contributed by atoms with Crippen molar-refractivity contribution in [2.24, 2.45) is 5.92 Å². The van der Waals surface area contributed by atoms with Crippen LogP contribution in [0, 0.1) is 5.92 Å². The number of carboxylic acid groups (broad SMARTS) is 1. The summed E-state index contributed by atoms with van der Waals surface area (Å²) in [5, 5.41) is 11.7. The van der Waals surface area contributed by atoms with Crippen LogP contribution in [-0.4, -0.2) is 23.0 Å². The highest BCUT2D eigenvalue weighted by Crippen LogP contribution is 2.28. The Morgan fingerprint density at radius 2 is 1.82 bits per heavy atom. The van der Waals surface area contributed by atoms with Crippen molar-refractivity contribution >= 4 is 11.9 Å². The molecule has 4 nitrogen and oxygen atoms in total. The highest BCUT2D eigenvalue weighted by atomic mass is 16.4. The lowest BCUT2D eigenvalue weighted by atomic mass is 9.96. The van der Waals surface area contributed by atoms with Crippen molar-refractivity contribution in [3.05, 3.63) is 35.4 Å². The molecule has 0 spiro atoms. The van der Waals surface area contributed by atoms with Crippen LogP contribution in [0.25, 0.3) is 0 Å². The summed E-state index contributed by atoms with van der Waals surface area (Å²) >= 11 is 0. The van der Waals surface area contributed by atoms with Crippen molar-refractivity contribution in [1.29, 1.82) is 0 Å². The maximum atomic E-state index is 11.2. The number of carbonyl (C=O) groups is 2. The van der Waals surface area contributed by atoms with E-state index in [2.05, 4.69) is 5.32 Å². The molecule has 2 N–H and O–H groups in total. The lowest BCUT2D eigenvalue weighted by Gasteiger charge is -2.19. The number of carbonyl (C=O) groups excluding carboxylic acids is 1. The average Bonchev–Trinajstić information content (AvgIpc) is 2.68. The number of hydrogen-bond acceptors (Lipinski definition) is 2. The van der Waals surface area contributed by atoms with E-state index in [1.807, 2.05) is 24.3 Å². The highest BCUT2D eigenvalue weighted by molar-refractivity contribution is 5.82. The molecule has 4 heteroatoms. The fourth-order valence-corrected chi connectivity index (χ4v) is 2.43. The topological polar surface area (TPSA) is 66.4 Å². The predicted molar refractivity (Wildman–Crippen MR) is 62.6 cm³/mol. The van der Waals surface area contributed by atoms with E-state index in [9.17, 15) is 9.59 Å². The molecule has 17 heavy (non-hydrogen) atoms. The molecule has 0 heterocycles. The second-order valence-corrected chi connectivity index (χ2v) is 4.45.